The molecule has 0 spiro atoms. The third-order valence-electron chi connectivity index (χ3n) is 3.52. The van der Waals surface area contributed by atoms with Gasteiger partial charge in [0.1, 0.15) is 24.7 Å². The number of hydrogen-bond acceptors (Lipinski definition) is 5. The molecule has 0 saturated heterocycles. The third-order valence-corrected chi connectivity index (χ3v) is 4.39. The van der Waals surface area contributed by atoms with E-state index in [-0.39, 0.29) is 12.5 Å². The molecule has 0 aliphatic heterocycles. The first-order chi connectivity index (χ1) is 13.2. The molecule has 0 atom stereocenters. The van der Waals surface area contributed by atoms with Crippen molar-refractivity contribution >= 4 is 23.2 Å². The first-order valence-corrected chi connectivity index (χ1v) is 9.16. The maximum Gasteiger partial charge on any atom is 0.279 e. The van der Waals surface area contributed by atoms with E-state index in [4.69, 9.17) is 9.47 Å². The Labute approximate surface area is 160 Å². The Morgan fingerprint density at radius 1 is 0.778 bits per heavy atom. The third kappa shape index (κ3) is 5.32. The number of amides is 2. The molecular weight excluding hydrogens is 364 g/mol. The number of hydrogen-bond donors (Lipinski definition) is 2. The van der Waals surface area contributed by atoms with Gasteiger partial charge in [-0.25, -0.2) is 0 Å². The molecule has 0 bridgehead atoms. The normalized spacial score (nSPS) is 10.1. The fourth-order valence-corrected chi connectivity index (χ4v) is 2.88. The van der Waals surface area contributed by atoms with E-state index in [1.165, 1.54) is 11.3 Å². The van der Waals surface area contributed by atoms with Gasteiger partial charge in [0, 0.05) is 0 Å². The van der Waals surface area contributed by atoms with Gasteiger partial charge < -0.3 is 9.47 Å². The second-order valence-corrected chi connectivity index (χ2v) is 6.34. The predicted octanol–water partition coefficient (Wildman–Crippen LogP) is 3.28. The van der Waals surface area contributed by atoms with Gasteiger partial charge in [0.15, 0.2) is 0 Å². The highest BCUT2D eigenvalue weighted by Gasteiger charge is 2.14. The summed E-state index contributed by atoms with van der Waals surface area (Å²) in [6, 6.07) is 19.7. The van der Waals surface area contributed by atoms with Crippen molar-refractivity contribution in [2.75, 3.05) is 13.2 Å². The van der Waals surface area contributed by atoms with Crippen LogP contribution in [0.25, 0.3) is 0 Å². The second-order valence-electron chi connectivity index (χ2n) is 5.39. The number of hydrazine groups is 1. The van der Waals surface area contributed by atoms with Crippen LogP contribution in [0.3, 0.4) is 0 Å². The van der Waals surface area contributed by atoms with Crippen LogP contribution in [0.15, 0.2) is 72.1 Å². The standard InChI is InChI=1S/C20H18N2O4S/c23-19(21-22-20(24)18-11-6-14-27-18)16-9-4-5-10-17(16)26-13-12-25-15-7-2-1-3-8-15/h1-11,14H,12-13H2,(H,21,23)(H,22,24). The van der Waals surface area contributed by atoms with E-state index in [1.807, 2.05) is 30.3 Å². The van der Waals surface area contributed by atoms with Crippen LogP contribution < -0.4 is 20.3 Å². The maximum atomic E-state index is 12.4. The molecule has 7 heteroatoms. The number of nitrogens with one attached hydrogen (secondary N) is 2. The molecule has 0 aliphatic carbocycles. The zero-order chi connectivity index (χ0) is 18.9. The molecule has 3 aromatic rings. The highest BCUT2D eigenvalue weighted by molar-refractivity contribution is 7.12. The summed E-state index contributed by atoms with van der Waals surface area (Å²) < 4.78 is 11.2. The lowest BCUT2D eigenvalue weighted by atomic mass is 10.2. The Hall–Kier alpha value is -3.32. The van der Waals surface area contributed by atoms with E-state index in [2.05, 4.69) is 10.9 Å². The number of rotatable bonds is 7. The molecule has 138 valence electrons. The number of benzene rings is 2. The average molecular weight is 382 g/mol. The minimum atomic E-state index is -0.459. The molecule has 27 heavy (non-hydrogen) atoms. The number of para-hydroxylation sites is 2. The fourth-order valence-electron chi connectivity index (χ4n) is 2.26. The van der Waals surface area contributed by atoms with Gasteiger partial charge in [0.25, 0.3) is 11.8 Å². The molecular formula is C20H18N2O4S. The van der Waals surface area contributed by atoms with Crippen molar-refractivity contribution in [2.45, 2.75) is 0 Å². The SMILES string of the molecule is O=C(NNC(=O)c1ccccc1OCCOc1ccccc1)c1cccs1. The van der Waals surface area contributed by atoms with Crippen LogP contribution in [0, 0.1) is 0 Å². The number of carbonyl (C=O) groups excluding carboxylic acids is 2. The van der Waals surface area contributed by atoms with Crippen LogP contribution in [-0.4, -0.2) is 25.0 Å². The molecule has 0 aliphatic rings. The van der Waals surface area contributed by atoms with Gasteiger partial charge in [0.05, 0.1) is 10.4 Å². The Morgan fingerprint density at radius 3 is 2.26 bits per heavy atom. The quantitative estimate of drug-likeness (QED) is 0.486. The van der Waals surface area contributed by atoms with E-state index < -0.39 is 5.91 Å². The van der Waals surface area contributed by atoms with Crippen molar-refractivity contribution in [2.24, 2.45) is 0 Å². The van der Waals surface area contributed by atoms with E-state index in [1.54, 1.807) is 41.8 Å². The molecule has 2 N–H and O–H groups in total. The molecule has 0 radical (unpaired) electrons. The fraction of sp³-hybridized carbons (Fsp3) is 0.100. The molecule has 3 rings (SSSR count). The first kappa shape index (κ1) is 18.5. The van der Waals surface area contributed by atoms with Crippen molar-refractivity contribution in [1.29, 1.82) is 0 Å². The van der Waals surface area contributed by atoms with E-state index >= 15 is 0 Å². The van der Waals surface area contributed by atoms with Crippen LogP contribution in [0.1, 0.15) is 20.0 Å². The number of ether oxygens (including phenoxy) is 2. The molecule has 2 amide bonds. The van der Waals surface area contributed by atoms with Gasteiger partial charge >= 0.3 is 0 Å². The zero-order valence-corrected chi connectivity index (χ0v) is 15.2. The molecule has 0 unspecified atom stereocenters. The summed E-state index contributed by atoms with van der Waals surface area (Å²) in [5.74, 6) is 0.341. The smallest absolute Gasteiger partial charge is 0.279 e. The minimum Gasteiger partial charge on any atom is -0.490 e. The molecule has 1 heterocycles. The zero-order valence-electron chi connectivity index (χ0n) is 14.4. The van der Waals surface area contributed by atoms with E-state index in [9.17, 15) is 9.59 Å². The van der Waals surface area contributed by atoms with Gasteiger partial charge in [-0.3, -0.25) is 20.4 Å². The van der Waals surface area contributed by atoms with Crippen LogP contribution in [0.2, 0.25) is 0 Å². The first-order valence-electron chi connectivity index (χ1n) is 8.28. The van der Waals surface area contributed by atoms with Crippen molar-refractivity contribution in [3.05, 3.63) is 82.6 Å². The summed E-state index contributed by atoms with van der Waals surface area (Å²) in [7, 11) is 0. The Bertz CT molecular complexity index is 882. The van der Waals surface area contributed by atoms with Gasteiger partial charge in [-0.1, -0.05) is 36.4 Å². The van der Waals surface area contributed by atoms with Crippen molar-refractivity contribution < 1.29 is 19.1 Å². The van der Waals surface area contributed by atoms with Gasteiger partial charge in [-0.15, -0.1) is 11.3 Å². The largest absolute Gasteiger partial charge is 0.490 e. The van der Waals surface area contributed by atoms with Crippen LogP contribution >= 0.6 is 11.3 Å². The van der Waals surface area contributed by atoms with Gasteiger partial charge in [-0.2, -0.15) is 0 Å². The molecule has 2 aromatic carbocycles. The van der Waals surface area contributed by atoms with Crippen LogP contribution in [0.5, 0.6) is 11.5 Å². The number of carbonyl (C=O) groups is 2. The summed E-state index contributed by atoms with van der Waals surface area (Å²) in [5.41, 5.74) is 5.11. The predicted molar refractivity (Wildman–Crippen MR) is 103 cm³/mol. The van der Waals surface area contributed by atoms with E-state index in [0.717, 1.165) is 5.75 Å². The molecule has 0 saturated carbocycles. The topological polar surface area (TPSA) is 76.7 Å². The van der Waals surface area contributed by atoms with Crippen molar-refractivity contribution in [3.8, 4) is 11.5 Å². The van der Waals surface area contributed by atoms with Crippen LogP contribution in [0.4, 0.5) is 0 Å². The summed E-state index contributed by atoms with van der Waals surface area (Å²) in [5, 5.41) is 1.79. The monoisotopic (exact) mass is 382 g/mol. The molecule has 0 fully saturated rings. The second kappa shape index (κ2) is 9.40. The summed E-state index contributed by atoms with van der Waals surface area (Å²) in [6.45, 7) is 0.621. The van der Waals surface area contributed by atoms with Gasteiger partial charge in [-0.05, 0) is 35.7 Å². The molecule has 6 nitrogen and oxygen atoms in total. The van der Waals surface area contributed by atoms with Gasteiger partial charge in [0.2, 0.25) is 0 Å². The summed E-state index contributed by atoms with van der Waals surface area (Å²) in [4.78, 5) is 24.8. The maximum absolute atomic E-state index is 12.4. The Morgan fingerprint density at radius 2 is 1.48 bits per heavy atom. The minimum absolute atomic E-state index is 0.279. The number of thiophene rings is 1. The lowest BCUT2D eigenvalue weighted by Gasteiger charge is -2.12. The van der Waals surface area contributed by atoms with E-state index in [0.29, 0.717) is 22.8 Å². The Kier molecular flexibility index (Phi) is 6.43. The highest BCUT2D eigenvalue weighted by Crippen LogP contribution is 2.18. The lowest BCUT2D eigenvalue weighted by molar-refractivity contribution is 0.0846. The molecule has 1 aromatic heterocycles. The summed E-state index contributed by atoms with van der Waals surface area (Å²) >= 11 is 1.29. The lowest BCUT2D eigenvalue weighted by Crippen LogP contribution is -2.41. The van der Waals surface area contributed by atoms with Crippen molar-refractivity contribution in [3.63, 3.8) is 0 Å². The Balaban J connectivity index is 1.51. The van der Waals surface area contributed by atoms with Crippen LogP contribution in [-0.2, 0) is 0 Å². The highest BCUT2D eigenvalue weighted by atomic mass is 32.1. The van der Waals surface area contributed by atoms with Crippen molar-refractivity contribution in [1.82, 2.24) is 10.9 Å². The average Bonchev–Trinajstić information content (AvgIpc) is 3.25. The summed E-state index contributed by atoms with van der Waals surface area (Å²) in [6.07, 6.45) is 0.